The molecule has 0 saturated carbocycles. The van der Waals surface area contributed by atoms with Crippen LogP contribution in [-0.2, 0) is 0 Å². The molecular weight excluding hydrogens is 348 g/mol. The zero-order chi connectivity index (χ0) is 17.1. The van der Waals surface area contributed by atoms with E-state index in [9.17, 15) is 4.79 Å². The van der Waals surface area contributed by atoms with Crippen molar-refractivity contribution in [1.82, 2.24) is 19.9 Å². The van der Waals surface area contributed by atoms with Crippen molar-refractivity contribution in [3.63, 3.8) is 0 Å². The molecule has 3 aromatic heterocycles. The van der Waals surface area contributed by atoms with Gasteiger partial charge in [-0.15, -0.1) is 0 Å². The van der Waals surface area contributed by atoms with Crippen LogP contribution in [0.2, 0.25) is 5.15 Å². The van der Waals surface area contributed by atoms with E-state index in [4.69, 9.17) is 11.6 Å². The number of rotatable bonds is 4. The van der Waals surface area contributed by atoms with Gasteiger partial charge in [0.05, 0.1) is 17.6 Å². The average Bonchev–Trinajstić information content (AvgIpc) is 2.97. The molecule has 7 nitrogen and oxygen atoms in total. The van der Waals surface area contributed by atoms with Gasteiger partial charge in [0.15, 0.2) is 5.13 Å². The number of amides is 1. The van der Waals surface area contributed by atoms with E-state index >= 15 is 0 Å². The maximum Gasteiger partial charge on any atom is 0.267 e. The number of nitrogens with one attached hydrogen (secondary N) is 2. The van der Waals surface area contributed by atoms with Gasteiger partial charge in [-0.3, -0.25) is 9.78 Å². The Labute approximate surface area is 147 Å². The van der Waals surface area contributed by atoms with Crippen molar-refractivity contribution in [2.75, 3.05) is 10.6 Å². The van der Waals surface area contributed by atoms with Crippen molar-refractivity contribution in [1.29, 1.82) is 0 Å². The lowest BCUT2D eigenvalue weighted by atomic mass is 10.3. The summed E-state index contributed by atoms with van der Waals surface area (Å²) in [7, 11) is 0. The number of aryl methyl sites for hydroxylation is 2. The van der Waals surface area contributed by atoms with Crippen LogP contribution >= 0.6 is 22.9 Å². The molecule has 24 heavy (non-hydrogen) atoms. The van der Waals surface area contributed by atoms with Crippen molar-refractivity contribution >= 4 is 45.5 Å². The first-order valence-electron chi connectivity index (χ1n) is 6.98. The van der Waals surface area contributed by atoms with Gasteiger partial charge in [-0.2, -0.15) is 0 Å². The Morgan fingerprint density at radius 3 is 2.83 bits per heavy atom. The number of hydrogen-bond donors (Lipinski definition) is 2. The first kappa shape index (κ1) is 16.3. The largest absolute Gasteiger partial charge is 0.320 e. The summed E-state index contributed by atoms with van der Waals surface area (Å²) in [5.74, 6) is 0.831. The third kappa shape index (κ3) is 3.84. The Morgan fingerprint density at radius 1 is 1.25 bits per heavy atom. The van der Waals surface area contributed by atoms with Gasteiger partial charge in [0.25, 0.3) is 5.91 Å². The van der Waals surface area contributed by atoms with Crippen molar-refractivity contribution in [2.24, 2.45) is 0 Å². The van der Waals surface area contributed by atoms with Gasteiger partial charge in [-0.05, 0) is 26.0 Å². The van der Waals surface area contributed by atoms with Gasteiger partial charge in [-0.1, -0.05) is 22.9 Å². The summed E-state index contributed by atoms with van der Waals surface area (Å²) in [5, 5.41) is 6.71. The molecule has 0 aromatic carbocycles. The highest BCUT2D eigenvalue weighted by atomic mass is 35.5. The molecular formula is C15H13ClN6OS. The first-order valence-corrected chi connectivity index (χ1v) is 8.18. The standard InChI is InChI=1S/C15H13ClN6OS/c1-8-10(4-3-5-17-8)21-14(23)11-7-18-15(24-11)22-13-6-12(16)19-9(2)20-13/h3-7H,1-2H3,(H,21,23)(H,18,19,20,22). The highest BCUT2D eigenvalue weighted by molar-refractivity contribution is 7.17. The highest BCUT2D eigenvalue weighted by Gasteiger charge is 2.13. The summed E-state index contributed by atoms with van der Waals surface area (Å²) >= 11 is 7.11. The lowest BCUT2D eigenvalue weighted by Crippen LogP contribution is -2.11. The zero-order valence-corrected chi connectivity index (χ0v) is 14.4. The van der Waals surface area contributed by atoms with Gasteiger partial charge in [0, 0.05) is 12.3 Å². The molecule has 0 spiro atoms. The monoisotopic (exact) mass is 360 g/mol. The number of nitrogens with zero attached hydrogens (tertiary/aromatic N) is 4. The van der Waals surface area contributed by atoms with Crippen LogP contribution in [0.1, 0.15) is 21.2 Å². The summed E-state index contributed by atoms with van der Waals surface area (Å²) < 4.78 is 0. The number of carbonyl (C=O) groups is 1. The number of pyridine rings is 1. The van der Waals surface area contributed by atoms with E-state index < -0.39 is 0 Å². The number of halogens is 1. The van der Waals surface area contributed by atoms with Gasteiger partial charge < -0.3 is 10.6 Å². The van der Waals surface area contributed by atoms with E-state index in [-0.39, 0.29) is 5.91 Å². The van der Waals surface area contributed by atoms with Crippen LogP contribution in [-0.4, -0.2) is 25.8 Å². The molecule has 122 valence electrons. The summed E-state index contributed by atoms with van der Waals surface area (Å²) in [6.45, 7) is 3.57. The number of thiazole rings is 1. The average molecular weight is 361 g/mol. The number of carbonyl (C=O) groups excluding carboxylic acids is 1. The lowest BCUT2D eigenvalue weighted by molar-refractivity contribution is 0.103. The zero-order valence-electron chi connectivity index (χ0n) is 12.9. The Balaban J connectivity index is 1.73. The second-order valence-electron chi connectivity index (χ2n) is 4.87. The van der Waals surface area contributed by atoms with Crippen molar-refractivity contribution in [3.8, 4) is 0 Å². The molecule has 0 bridgehead atoms. The van der Waals surface area contributed by atoms with E-state index in [1.165, 1.54) is 17.5 Å². The summed E-state index contributed by atoms with van der Waals surface area (Å²) in [6, 6.07) is 5.16. The predicted molar refractivity (Wildman–Crippen MR) is 94.1 cm³/mol. The van der Waals surface area contributed by atoms with E-state index in [0.29, 0.717) is 32.5 Å². The molecule has 0 atom stereocenters. The summed E-state index contributed by atoms with van der Waals surface area (Å²) in [5.41, 5.74) is 1.42. The first-order chi connectivity index (χ1) is 11.5. The molecule has 3 aromatic rings. The quantitative estimate of drug-likeness (QED) is 0.690. The third-order valence-electron chi connectivity index (χ3n) is 3.03. The minimum Gasteiger partial charge on any atom is -0.320 e. The van der Waals surface area contributed by atoms with Crippen LogP contribution in [0.15, 0.2) is 30.6 Å². The minimum absolute atomic E-state index is 0.242. The smallest absolute Gasteiger partial charge is 0.267 e. The fourth-order valence-corrected chi connectivity index (χ4v) is 2.89. The molecule has 9 heteroatoms. The molecule has 0 aliphatic heterocycles. The third-order valence-corrected chi connectivity index (χ3v) is 4.13. The molecule has 0 aliphatic carbocycles. The lowest BCUT2D eigenvalue weighted by Gasteiger charge is -2.05. The van der Waals surface area contributed by atoms with Crippen LogP contribution in [0.5, 0.6) is 0 Å². The molecule has 0 radical (unpaired) electrons. The van der Waals surface area contributed by atoms with Crippen molar-refractivity contribution < 1.29 is 4.79 Å². The molecule has 0 saturated heterocycles. The molecule has 1 amide bonds. The number of anilines is 3. The molecule has 0 unspecified atom stereocenters. The molecule has 3 rings (SSSR count). The molecule has 0 aliphatic rings. The summed E-state index contributed by atoms with van der Waals surface area (Å²) in [4.78, 5) is 29.3. The molecule has 0 fully saturated rings. The van der Waals surface area contributed by atoms with Crippen LogP contribution < -0.4 is 10.6 Å². The number of hydrogen-bond acceptors (Lipinski definition) is 7. The maximum absolute atomic E-state index is 12.3. The number of aromatic nitrogens is 4. The van der Waals surface area contributed by atoms with Crippen LogP contribution in [0.25, 0.3) is 0 Å². The fourth-order valence-electron chi connectivity index (χ4n) is 1.94. The highest BCUT2D eigenvalue weighted by Crippen LogP contribution is 2.24. The van der Waals surface area contributed by atoms with E-state index in [1.807, 2.05) is 6.92 Å². The van der Waals surface area contributed by atoms with E-state index in [2.05, 4.69) is 30.6 Å². The van der Waals surface area contributed by atoms with Crippen molar-refractivity contribution in [2.45, 2.75) is 13.8 Å². The van der Waals surface area contributed by atoms with Crippen LogP contribution in [0.3, 0.4) is 0 Å². The topological polar surface area (TPSA) is 92.7 Å². The minimum atomic E-state index is -0.242. The summed E-state index contributed by atoms with van der Waals surface area (Å²) in [6.07, 6.45) is 3.18. The van der Waals surface area contributed by atoms with Gasteiger partial charge in [0.1, 0.15) is 21.7 Å². The van der Waals surface area contributed by atoms with Crippen molar-refractivity contribution in [3.05, 3.63) is 52.1 Å². The Kier molecular flexibility index (Phi) is 4.68. The normalized spacial score (nSPS) is 10.5. The van der Waals surface area contributed by atoms with Crippen LogP contribution in [0.4, 0.5) is 16.6 Å². The SMILES string of the molecule is Cc1nc(Cl)cc(Nc2ncc(C(=O)Nc3cccnc3C)s2)n1. The van der Waals surface area contributed by atoms with E-state index in [1.54, 1.807) is 31.3 Å². The second-order valence-corrected chi connectivity index (χ2v) is 6.29. The maximum atomic E-state index is 12.3. The Morgan fingerprint density at radius 2 is 2.08 bits per heavy atom. The van der Waals surface area contributed by atoms with Crippen LogP contribution in [0, 0.1) is 13.8 Å². The van der Waals surface area contributed by atoms with Gasteiger partial charge >= 0.3 is 0 Å². The van der Waals surface area contributed by atoms with Gasteiger partial charge in [0.2, 0.25) is 0 Å². The second kappa shape index (κ2) is 6.90. The van der Waals surface area contributed by atoms with Gasteiger partial charge in [-0.25, -0.2) is 15.0 Å². The molecule has 2 N–H and O–H groups in total. The Bertz CT molecular complexity index is 877. The van der Waals surface area contributed by atoms with E-state index in [0.717, 1.165) is 5.69 Å². The Hall–Kier alpha value is -2.58. The fraction of sp³-hybridized carbons (Fsp3) is 0.133. The molecule has 3 heterocycles. The predicted octanol–water partition coefficient (Wildman–Crippen LogP) is 3.59.